The Kier molecular flexibility index (Phi) is 6.30. The molecular formula is C28H46O2. The Hall–Kier alpha value is -0.630. The van der Waals surface area contributed by atoms with Gasteiger partial charge < -0.3 is 4.74 Å². The third-order valence-electron chi connectivity index (χ3n) is 10.5. The number of fused-ring (bicyclic) bond motifs is 5. The van der Waals surface area contributed by atoms with Gasteiger partial charge >= 0.3 is 0 Å². The third kappa shape index (κ3) is 3.63. The molecule has 2 heteroatoms. The molecule has 0 aromatic carbocycles. The summed E-state index contributed by atoms with van der Waals surface area (Å²) in [6, 6.07) is 0. The molecule has 0 N–H and O–H groups in total. The first-order chi connectivity index (χ1) is 14.2. The van der Waals surface area contributed by atoms with Crippen LogP contribution < -0.4 is 0 Å². The van der Waals surface area contributed by atoms with E-state index < -0.39 is 0 Å². The zero-order valence-electron chi connectivity index (χ0n) is 20.5. The molecule has 0 spiro atoms. The molecule has 30 heavy (non-hydrogen) atoms. The number of rotatable bonds is 6. The second kappa shape index (κ2) is 8.38. The Morgan fingerprint density at radius 3 is 2.53 bits per heavy atom. The maximum Gasteiger partial charge on any atom is 0.155 e. The quantitative estimate of drug-likeness (QED) is 0.458. The molecule has 0 unspecified atom stereocenters. The van der Waals surface area contributed by atoms with Crippen LogP contribution in [0.15, 0.2) is 11.6 Å². The molecule has 4 aliphatic rings. The summed E-state index contributed by atoms with van der Waals surface area (Å²) in [4.78, 5) is 12.2. The lowest BCUT2D eigenvalue weighted by Gasteiger charge is -2.60. The topological polar surface area (TPSA) is 26.3 Å². The van der Waals surface area contributed by atoms with Crippen LogP contribution in [0.5, 0.6) is 0 Å². The van der Waals surface area contributed by atoms with E-state index in [1.54, 1.807) is 0 Å². The van der Waals surface area contributed by atoms with E-state index in [1.165, 1.54) is 50.5 Å². The summed E-state index contributed by atoms with van der Waals surface area (Å²) in [5.41, 5.74) is 2.12. The van der Waals surface area contributed by atoms with Crippen LogP contribution in [0.4, 0.5) is 0 Å². The minimum Gasteiger partial charge on any atom is -0.381 e. The highest BCUT2D eigenvalue weighted by atomic mass is 16.5. The Balaban J connectivity index is 1.56. The summed E-state index contributed by atoms with van der Waals surface area (Å²) < 4.78 is 6.18. The van der Waals surface area contributed by atoms with Crippen LogP contribution in [-0.4, -0.2) is 19.0 Å². The lowest BCUT2D eigenvalue weighted by atomic mass is 9.45. The Morgan fingerprint density at radius 2 is 1.83 bits per heavy atom. The summed E-state index contributed by atoms with van der Waals surface area (Å²) in [6.45, 7) is 12.4. The molecule has 0 saturated heterocycles. The smallest absolute Gasteiger partial charge is 0.155 e. The van der Waals surface area contributed by atoms with Crippen molar-refractivity contribution in [1.29, 1.82) is 0 Å². The molecule has 3 fully saturated rings. The fourth-order valence-corrected chi connectivity index (χ4v) is 8.76. The average molecular weight is 415 g/mol. The van der Waals surface area contributed by atoms with Gasteiger partial charge in [0.05, 0.1) is 6.10 Å². The normalized spacial score (nSPS) is 44.3. The van der Waals surface area contributed by atoms with E-state index in [-0.39, 0.29) is 5.41 Å². The van der Waals surface area contributed by atoms with Crippen molar-refractivity contribution in [1.82, 2.24) is 0 Å². The zero-order chi connectivity index (χ0) is 21.7. The molecule has 0 aromatic heterocycles. The van der Waals surface area contributed by atoms with Crippen molar-refractivity contribution in [3.8, 4) is 0 Å². The van der Waals surface area contributed by atoms with Gasteiger partial charge in [-0.25, -0.2) is 0 Å². The average Bonchev–Trinajstić information content (AvgIpc) is 3.05. The van der Waals surface area contributed by atoms with E-state index in [1.807, 2.05) is 13.2 Å². The van der Waals surface area contributed by atoms with Gasteiger partial charge in [0.1, 0.15) is 0 Å². The second-order valence-electron chi connectivity index (χ2n) is 12.4. The highest BCUT2D eigenvalue weighted by Gasteiger charge is 2.61. The van der Waals surface area contributed by atoms with Gasteiger partial charge in [-0.05, 0) is 90.9 Å². The van der Waals surface area contributed by atoms with Crippen molar-refractivity contribution in [2.24, 2.45) is 46.3 Å². The fourth-order valence-electron chi connectivity index (χ4n) is 8.76. The Morgan fingerprint density at radius 1 is 1.07 bits per heavy atom. The summed E-state index contributed by atoms with van der Waals surface area (Å²) in [6.07, 6.45) is 14.8. The maximum atomic E-state index is 12.2. The van der Waals surface area contributed by atoms with Gasteiger partial charge in [-0.1, -0.05) is 59.5 Å². The van der Waals surface area contributed by atoms with Crippen LogP contribution >= 0.6 is 0 Å². The first-order valence-electron chi connectivity index (χ1n) is 13.0. The largest absolute Gasteiger partial charge is 0.381 e. The van der Waals surface area contributed by atoms with Crippen molar-refractivity contribution in [2.45, 2.75) is 105 Å². The van der Waals surface area contributed by atoms with Gasteiger partial charge in [0.15, 0.2) is 5.78 Å². The molecular weight excluding hydrogens is 368 g/mol. The van der Waals surface area contributed by atoms with Crippen LogP contribution in [0.25, 0.3) is 0 Å². The highest BCUT2D eigenvalue weighted by Crippen LogP contribution is 2.68. The number of ketones is 1. The summed E-state index contributed by atoms with van der Waals surface area (Å²) in [5, 5.41) is 0. The molecule has 8 atom stereocenters. The van der Waals surface area contributed by atoms with Gasteiger partial charge in [0.25, 0.3) is 0 Å². The molecule has 3 saturated carbocycles. The van der Waals surface area contributed by atoms with E-state index in [9.17, 15) is 4.79 Å². The standard InChI is InChI=1S/C28H46O2/c1-18(2)8-7-9-19(3)22-10-11-23-26-24(13-15-28(22,23)5)27(4)14-12-21(29)16-20(27)17-25(26)30-6/h16,18-19,22-26H,7-15,17H2,1-6H3/t19-,22-,23+,24+,25+,26+,27-,28-/m0/s1. The lowest BCUT2D eigenvalue weighted by Crippen LogP contribution is -2.56. The summed E-state index contributed by atoms with van der Waals surface area (Å²) in [5.74, 6) is 5.07. The first-order valence-corrected chi connectivity index (χ1v) is 13.0. The van der Waals surface area contributed by atoms with Gasteiger partial charge in [-0.2, -0.15) is 0 Å². The van der Waals surface area contributed by atoms with Gasteiger partial charge in [-0.3, -0.25) is 4.79 Å². The molecule has 0 aliphatic heterocycles. The van der Waals surface area contributed by atoms with Crippen molar-refractivity contribution in [3.63, 3.8) is 0 Å². The number of carbonyl (C=O) groups is 1. The third-order valence-corrected chi connectivity index (χ3v) is 10.5. The van der Waals surface area contributed by atoms with Crippen molar-refractivity contribution >= 4 is 5.78 Å². The number of hydrogen-bond donors (Lipinski definition) is 0. The Bertz CT molecular complexity index is 678. The number of hydrogen-bond acceptors (Lipinski definition) is 2. The Labute approximate surface area is 185 Å². The van der Waals surface area contributed by atoms with E-state index in [0.29, 0.717) is 29.1 Å². The van der Waals surface area contributed by atoms with Crippen LogP contribution in [0.3, 0.4) is 0 Å². The molecule has 2 nitrogen and oxygen atoms in total. The molecule has 0 aromatic rings. The minimum atomic E-state index is 0.232. The number of carbonyl (C=O) groups excluding carboxylic acids is 1. The lowest BCUT2D eigenvalue weighted by molar-refractivity contribution is -0.130. The first kappa shape index (κ1) is 22.6. The predicted molar refractivity (Wildman–Crippen MR) is 124 cm³/mol. The molecule has 0 radical (unpaired) electrons. The van der Waals surface area contributed by atoms with Crippen LogP contribution in [0.2, 0.25) is 0 Å². The molecule has 0 heterocycles. The SMILES string of the molecule is CO[C@@H]1CC2=CC(=O)CC[C@]2(C)[C@@H]2CC[C@]3(C)[C@H](CC[C@H]3[C@@H](C)CCCC(C)C)[C@H]21. The van der Waals surface area contributed by atoms with Crippen LogP contribution in [0, 0.1) is 46.3 Å². The summed E-state index contributed by atoms with van der Waals surface area (Å²) >= 11 is 0. The molecule has 0 amide bonds. The van der Waals surface area contributed by atoms with Gasteiger partial charge in [0.2, 0.25) is 0 Å². The molecule has 170 valence electrons. The van der Waals surface area contributed by atoms with E-state index in [4.69, 9.17) is 4.74 Å². The summed E-state index contributed by atoms with van der Waals surface area (Å²) in [7, 11) is 1.92. The van der Waals surface area contributed by atoms with E-state index >= 15 is 0 Å². The zero-order valence-corrected chi connectivity index (χ0v) is 20.5. The van der Waals surface area contributed by atoms with Crippen molar-refractivity contribution in [2.75, 3.05) is 7.11 Å². The molecule has 0 bridgehead atoms. The maximum absolute atomic E-state index is 12.2. The molecule has 4 aliphatic carbocycles. The predicted octanol–water partition coefficient (Wildman–Crippen LogP) is 7.22. The minimum absolute atomic E-state index is 0.232. The van der Waals surface area contributed by atoms with Crippen LogP contribution in [-0.2, 0) is 9.53 Å². The van der Waals surface area contributed by atoms with Gasteiger partial charge in [0, 0.05) is 13.5 Å². The fraction of sp³-hybridized carbons (Fsp3) is 0.893. The van der Waals surface area contributed by atoms with Crippen molar-refractivity contribution < 1.29 is 9.53 Å². The highest BCUT2D eigenvalue weighted by molar-refractivity contribution is 5.91. The van der Waals surface area contributed by atoms with Gasteiger partial charge in [-0.15, -0.1) is 0 Å². The second-order valence-corrected chi connectivity index (χ2v) is 12.4. The van der Waals surface area contributed by atoms with E-state index in [2.05, 4.69) is 34.6 Å². The number of methoxy groups -OCH3 is 1. The molecule has 4 rings (SSSR count). The monoisotopic (exact) mass is 414 g/mol. The van der Waals surface area contributed by atoms with E-state index in [0.717, 1.165) is 42.9 Å². The van der Waals surface area contributed by atoms with Crippen molar-refractivity contribution in [3.05, 3.63) is 11.6 Å². The number of ether oxygens (including phenoxy) is 1. The van der Waals surface area contributed by atoms with Crippen LogP contribution in [0.1, 0.15) is 98.8 Å².